The highest BCUT2D eigenvalue weighted by atomic mass is 16.6. The van der Waals surface area contributed by atoms with Gasteiger partial charge < -0.3 is 14.2 Å². The molecule has 0 aliphatic carbocycles. The van der Waals surface area contributed by atoms with Gasteiger partial charge in [0.05, 0.1) is 6.61 Å². The van der Waals surface area contributed by atoms with Crippen molar-refractivity contribution in [3.63, 3.8) is 0 Å². The van der Waals surface area contributed by atoms with Crippen LogP contribution in [0.3, 0.4) is 0 Å². The quantitative estimate of drug-likeness (QED) is 0.0347. The van der Waals surface area contributed by atoms with Crippen LogP contribution in [0.4, 0.5) is 0 Å². The summed E-state index contributed by atoms with van der Waals surface area (Å²) in [6, 6.07) is 0. The van der Waals surface area contributed by atoms with Gasteiger partial charge in [0.15, 0.2) is 6.10 Å². The molecule has 0 fully saturated rings. The van der Waals surface area contributed by atoms with Crippen molar-refractivity contribution in [3.8, 4) is 0 Å². The lowest BCUT2D eigenvalue weighted by Gasteiger charge is -2.18. The molecule has 0 aromatic heterocycles. The van der Waals surface area contributed by atoms with E-state index in [4.69, 9.17) is 14.2 Å². The Bertz CT molecular complexity index is 1040. The molecule has 0 spiro atoms. The number of carbonyl (C=O) groups is 2. The highest BCUT2D eigenvalue weighted by Gasteiger charge is 2.17. The van der Waals surface area contributed by atoms with Crippen LogP contribution in [0, 0.1) is 0 Å². The van der Waals surface area contributed by atoms with Crippen LogP contribution in [0.5, 0.6) is 0 Å². The van der Waals surface area contributed by atoms with E-state index in [0.717, 1.165) is 96.3 Å². The molecule has 0 saturated carbocycles. The number of hydrogen-bond acceptors (Lipinski definition) is 5. The first-order valence-corrected chi connectivity index (χ1v) is 25.8. The summed E-state index contributed by atoms with van der Waals surface area (Å²) < 4.78 is 17.4. The number of hydrogen-bond donors (Lipinski definition) is 0. The summed E-state index contributed by atoms with van der Waals surface area (Å²) in [5.74, 6) is -0.429. The van der Waals surface area contributed by atoms with Crippen molar-refractivity contribution in [2.75, 3.05) is 19.8 Å². The van der Waals surface area contributed by atoms with E-state index in [-0.39, 0.29) is 25.2 Å². The van der Waals surface area contributed by atoms with Crippen LogP contribution in [0.15, 0.2) is 60.8 Å². The van der Waals surface area contributed by atoms with Crippen molar-refractivity contribution in [2.24, 2.45) is 0 Å². The molecule has 0 saturated heterocycles. The fourth-order valence-corrected chi connectivity index (χ4v) is 7.19. The van der Waals surface area contributed by atoms with E-state index in [0.29, 0.717) is 19.4 Å². The van der Waals surface area contributed by atoms with Crippen LogP contribution < -0.4 is 0 Å². The topological polar surface area (TPSA) is 61.8 Å². The second-order valence-electron chi connectivity index (χ2n) is 17.0. The maximum atomic E-state index is 12.8. The molecule has 0 bridgehead atoms. The third-order valence-corrected chi connectivity index (χ3v) is 11.0. The van der Waals surface area contributed by atoms with E-state index < -0.39 is 6.10 Å². The first kappa shape index (κ1) is 57.6. The van der Waals surface area contributed by atoms with Gasteiger partial charge >= 0.3 is 11.9 Å². The van der Waals surface area contributed by atoms with Crippen molar-refractivity contribution in [1.29, 1.82) is 0 Å². The Kier molecular flexibility index (Phi) is 48.9. The van der Waals surface area contributed by atoms with Crippen molar-refractivity contribution >= 4 is 11.9 Å². The predicted molar refractivity (Wildman–Crippen MR) is 261 cm³/mol. The Morgan fingerprint density at radius 2 is 0.767 bits per heavy atom. The molecule has 0 N–H and O–H groups in total. The minimum absolute atomic E-state index is 0.0706. The maximum Gasteiger partial charge on any atom is 0.306 e. The van der Waals surface area contributed by atoms with Crippen molar-refractivity contribution in [3.05, 3.63) is 60.8 Å². The Morgan fingerprint density at radius 1 is 0.383 bits per heavy atom. The lowest BCUT2D eigenvalue weighted by Crippen LogP contribution is -2.30. The first-order chi connectivity index (χ1) is 29.6. The number of rotatable bonds is 47. The van der Waals surface area contributed by atoms with Crippen LogP contribution in [0.25, 0.3) is 0 Å². The van der Waals surface area contributed by atoms with Crippen molar-refractivity contribution < 1.29 is 23.8 Å². The van der Waals surface area contributed by atoms with E-state index in [1.165, 1.54) is 122 Å². The lowest BCUT2D eigenvalue weighted by atomic mass is 10.0. The molecule has 0 aliphatic rings. The monoisotopic (exact) mass is 839 g/mol. The highest BCUT2D eigenvalue weighted by molar-refractivity contribution is 5.70. The molecule has 60 heavy (non-hydrogen) atoms. The molecule has 0 unspecified atom stereocenters. The zero-order chi connectivity index (χ0) is 43.5. The van der Waals surface area contributed by atoms with Gasteiger partial charge in [-0.15, -0.1) is 0 Å². The summed E-state index contributed by atoms with van der Waals surface area (Å²) in [6.07, 6.45) is 63.7. The second-order valence-corrected chi connectivity index (χ2v) is 17.0. The minimum Gasteiger partial charge on any atom is -0.462 e. The molecule has 0 aromatic rings. The van der Waals surface area contributed by atoms with Gasteiger partial charge in [0.25, 0.3) is 0 Å². The van der Waals surface area contributed by atoms with E-state index >= 15 is 0 Å². The Hall–Kier alpha value is -2.40. The third-order valence-electron chi connectivity index (χ3n) is 11.0. The molecule has 0 heterocycles. The lowest BCUT2D eigenvalue weighted by molar-refractivity contribution is -0.163. The SMILES string of the molecule is CC/C=C\C/C=C\C/C=C\C/C=C\CCCCCCC(=O)OC[C@@H](COCCCCCCCCCCCCCCCCCC)OC(=O)CCCCCCC/C=C\CCCC. The maximum absolute atomic E-state index is 12.8. The largest absolute Gasteiger partial charge is 0.462 e. The Balaban J connectivity index is 4.26. The second kappa shape index (κ2) is 51.0. The molecule has 0 radical (unpaired) electrons. The van der Waals surface area contributed by atoms with Gasteiger partial charge in [0, 0.05) is 19.4 Å². The summed E-state index contributed by atoms with van der Waals surface area (Å²) in [5.41, 5.74) is 0. The Morgan fingerprint density at radius 3 is 1.27 bits per heavy atom. The summed E-state index contributed by atoms with van der Waals surface area (Å²) in [7, 11) is 0. The van der Waals surface area contributed by atoms with Gasteiger partial charge in [-0.1, -0.05) is 223 Å². The molecule has 0 aliphatic heterocycles. The fraction of sp³-hybridized carbons (Fsp3) is 0.782. The normalized spacial score (nSPS) is 12.7. The van der Waals surface area contributed by atoms with Gasteiger partial charge in [-0.3, -0.25) is 9.59 Å². The third kappa shape index (κ3) is 48.3. The van der Waals surface area contributed by atoms with E-state index in [1.807, 2.05) is 0 Å². The standard InChI is InChI=1S/C55H98O5/c1-4-7-10-13-16-19-22-24-26-28-29-31-34-36-39-42-45-48-54(56)59-52-53(60-55(57)49-46-43-40-37-33-21-18-15-12-9-6-3)51-58-50-47-44-41-38-35-32-30-27-25-23-20-17-14-11-8-5-2/h7,10,15-16,18-19,24,26,29,31,53H,4-6,8-9,11-14,17,20-23,25,27-28,30,32-52H2,1-3H3/b10-7-,18-15-,19-16-,26-24-,31-29-/t53-/m1/s1. The average Bonchev–Trinajstić information content (AvgIpc) is 3.25. The molecule has 0 aromatic carbocycles. The van der Waals surface area contributed by atoms with E-state index in [9.17, 15) is 9.59 Å². The van der Waals surface area contributed by atoms with Gasteiger partial charge in [0.1, 0.15) is 6.61 Å². The molecule has 5 heteroatoms. The number of allylic oxidation sites excluding steroid dienone is 10. The van der Waals surface area contributed by atoms with Gasteiger partial charge in [-0.05, 0) is 77.0 Å². The molecule has 0 amide bonds. The van der Waals surface area contributed by atoms with Gasteiger partial charge in [-0.25, -0.2) is 0 Å². The number of unbranched alkanes of at least 4 members (excludes halogenated alkanes) is 26. The molecule has 0 rings (SSSR count). The van der Waals surface area contributed by atoms with Crippen LogP contribution in [-0.2, 0) is 23.8 Å². The summed E-state index contributed by atoms with van der Waals surface area (Å²) in [5, 5.41) is 0. The molecular formula is C55H98O5. The highest BCUT2D eigenvalue weighted by Crippen LogP contribution is 2.15. The predicted octanol–water partition coefficient (Wildman–Crippen LogP) is 17.3. The molecular weight excluding hydrogens is 741 g/mol. The van der Waals surface area contributed by atoms with Gasteiger partial charge in [0.2, 0.25) is 0 Å². The minimum atomic E-state index is -0.548. The fourth-order valence-electron chi connectivity index (χ4n) is 7.19. The van der Waals surface area contributed by atoms with Crippen LogP contribution in [0.1, 0.15) is 252 Å². The van der Waals surface area contributed by atoms with Crippen LogP contribution >= 0.6 is 0 Å². The average molecular weight is 839 g/mol. The van der Waals surface area contributed by atoms with Crippen molar-refractivity contribution in [2.45, 2.75) is 258 Å². The van der Waals surface area contributed by atoms with Crippen LogP contribution in [-0.4, -0.2) is 37.9 Å². The number of esters is 2. The van der Waals surface area contributed by atoms with Gasteiger partial charge in [-0.2, -0.15) is 0 Å². The smallest absolute Gasteiger partial charge is 0.306 e. The Labute approximate surface area is 373 Å². The molecule has 348 valence electrons. The first-order valence-electron chi connectivity index (χ1n) is 25.8. The molecule has 5 nitrogen and oxygen atoms in total. The zero-order valence-corrected chi connectivity index (χ0v) is 40.0. The zero-order valence-electron chi connectivity index (χ0n) is 40.0. The summed E-state index contributed by atoms with van der Waals surface area (Å²) in [4.78, 5) is 25.3. The number of carbonyl (C=O) groups excluding carboxylic acids is 2. The number of ether oxygens (including phenoxy) is 3. The summed E-state index contributed by atoms with van der Waals surface area (Å²) in [6.45, 7) is 7.67. The van der Waals surface area contributed by atoms with E-state index in [1.54, 1.807) is 0 Å². The molecule has 1 atom stereocenters. The van der Waals surface area contributed by atoms with Crippen LogP contribution in [0.2, 0.25) is 0 Å². The summed E-state index contributed by atoms with van der Waals surface area (Å²) >= 11 is 0. The van der Waals surface area contributed by atoms with Crippen molar-refractivity contribution in [1.82, 2.24) is 0 Å². The van der Waals surface area contributed by atoms with E-state index in [2.05, 4.69) is 81.5 Å².